The van der Waals surface area contributed by atoms with Crippen molar-refractivity contribution in [3.05, 3.63) is 35.4 Å². The van der Waals surface area contributed by atoms with E-state index in [2.05, 4.69) is 19.2 Å². The van der Waals surface area contributed by atoms with Crippen LogP contribution < -0.4 is 11.1 Å². The van der Waals surface area contributed by atoms with Crippen molar-refractivity contribution in [3.63, 3.8) is 0 Å². The number of hydrogen-bond acceptors (Lipinski definition) is 2. The monoisotopic (exact) mass is 234 g/mol. The Kier molecular flexibility index (Phi) is 5.70. The summed E-state index contributed by atoms with van der Waals surface area (Å²) in [4.78, 5) is 12.0. The molecule has 0 radical (unpaired) electrons. The molecule has 0 spiro atoms. The van der Waals surface area contributed by atoms with Gasteiger partial charge in [-0.15, -0.1) is 0 Å². The van der Waals surface area contributed by atoms with Crippen LogP contribution >= 0.6 is 0 Å². The Labute approximate surface area is 103 Å². The smallest absolute Gasteiger partial charge is 0.251 e. The summed E-state index contributed by atoms with van der Waals surface area (Å²) < 4.78 is 0. The van der Waals surface area contributed by atoms with Gasteiger partial charge in [0.15, 0.2) is 0 Å². The molecule has 0 aliphatic heterocycles. The van der Waals surface area contributed by atoms with E-state index in [0.717, 1.165) is 30.5 Å². The predicted octanol–water partition coefficient (Wildman–Crippen LogP) is 1.96. The van der Waals surface area contributed by atoms with Gasteiger partial charge in [-0.05, 0) is 36.9 Å². The lowest BCUT2D eigenvalue weighted by Crippen LogP contribution is -2.26. The van der Waals surface area contributed by atoms with Crippen LogP contribution in [-0.4, -0.2) is 19.0 Å². The number of amides is 1. The summed E-state index contributed by atoms with van der Waals surface area (Å²) in [5.74, 6) is 0.615. The van der Waals surface area contributed by atoms with Gasteiger partial charge >= 0.3 is 0 Å². The molecule has 17 heavy (non-hydrogen) atoms. The van der Waals surface area contributed by atoms with Crippen LogP contribution in [0, 0.1) is 5.92 Å². The molecule has 1 aromatic carbocycles. The van der Waals surface area contributed by atoms with Crippen molar-refractivity contribution in [2.45, 2.75) is 26.7 Å². The molecular formula is C14H22N2O. The average Bonchev–Trinajstić information content (AvgIpc) is 2.29. The average molecular weight is 234 g/mol. The van der Waals surface area contributed by atoms with Crippen LogP contribution in [0.1, 0.15) is 36.2 Å². The highest BCUT2D eigenvalue weighted by Gasteiger charge is 2.09. The number of carbonyl (C=O) groups is 1. The maximum absolute atomic E-state index is 12.0. The van der Waals surface area contributed by atoms with E-state index < -0.39 is 0 Å². The van der Waals surface area contributed by atoms with Crippen molar-refractivity contribution >= 4 is 5.91 Å². The molecule has 0 heterocycles. The van der Waals surface area contributed by atoms with Gasteiger partial charge in [0.1, 0.15) is 0 Å². The van der Waals surface area contributed by atoms with E-state index in [4.69, 9.17) is 5.73 Å². The van der Waals surface area contributed by atoms with Gasteiger partial charge in [-0.1, -0.05) is 32.0 Å². The molecular weight excluding hydrogens is 212 g/mol. The topological polar surface area (TPSA) is 55.1 Å². The van der Waals surface area contributed by atoms with Gasteiger partial charge in [-0.25, -0.2) is 0 Å². The number of hydrogen-bond donors (Lipinski definition) is 2. The fourth-order valence-corrected chi connectivity index (χ4v) is 1.68. The van der Waals surface area contributed by atoms with E-state index in [9.17, 15) is 4.79 Å². The molecule has 1 amide bonds. The second-order valence-electron chi connectivity index (χ2n) is 4.63. The summed E-state index contributed by atoms with van der Waals surface area (Å²) in [6, 6.07) is 7.65. The van der Waals surface area contributed by atoms with Crippen molar-refractivity contribution < 1.29 is 4.79 Å². The molecule has 0 aliphatic carbocycles. The highest BCUT2D eigenvalue weighted by Crippen LogP contribution is 2.09. The summed E-state index contributed by atoms with van der Waals surface area (Å²) in [7, 11) is 0. The highest BCUT2D eigenvalue weighted by atomic mass is 16.1. The number of benzene rings is 1. The minimum atomic E-state index is 0.00898. The van der Waals surface area contributed by atoms with Crippen molar-refractivity contribution in [3.8, 4) is 0 Å². The Morgan fingerprint density at radius 3 is 2.71 bits per heavy atom. The van der Waals surface area contributed by atoms with Gasteiger partial charge in [0.25, 0.3) is 5.91 Å². The lowest BCUT2D eigenvalue weighted by molar-refractivity contribution is 0.0951. The van der Waals surface area contributed by atoms with E-state index in [1.54, 1.807) is 0 Å². The normalized spacial score (nSPS) is 10.6. The zero-order valence-electron chi connectivity index (χ0n) is 10.7. The standard InChI is InChI=1S/C14H22N2O/c1-11(2)8-10-16-14(17)13-6-4-3-5-12(13)7-9-15/h3-6,11H,7-10,15H2,1-2H3,(H,16,17). The molecule has 3 heteroatoms. The molecule has 0 saturated heterocycles. The Bertz CT molecular complexity index is 361. The van der Waals surface area contributed by atoms with Crippen LogP contribution in [-0.2, 0) is 6.42 Å². The van der Waals surface area contributed by atoms with Crippen LogP contribution in [0.4, 0.5) is 0 Å². The SMILES string of the molecule is CC(C)CCNC(=O)c1ccccc1CCN. The second kappa shape index (κ2) is 7.07. The van der Waals surface area contributed by atoms with Gasteiger partial charge < -0.3 is 11.1 Å². The van der Waals surface area contributed by atoms with Gasteiger partial charge in [0.2, 0.25) is 0 Å². The molecule has 0 fully saturated rings. The molecule has 0 aromatic heterocycles. The van der Waals surface area contributed by atoms with Crippen LogP contribution in [0.5, 0.6) is 0 Å². The fourth-order valence-electron chi connectivity index (χ4n) is 1.68. The van der Waals surface area contributed by atoms with E-state index >= 15 is 0 Å². The molecule has 1 rings (SSSR count). The van der Waals surface area contributed by atoms with Crippen molar-refractivity contribution in [1.29, 1.82) is 0 Å². The molecule has 0 aliphatic rings. The predicted molar refractivity (Wildman–Crippen MR) is 71.0 cm³/mol. The zero-order chi connectivity index (χ0) is 12.7. The molecule has 0 atom stereocenters. The van der Waals surface area contributed by atoms with E-state index in [-0.39, 0.29) is 5.91 Å². The third kappa shape index (κ3) is 4.57. The molecule has 0 saturated carbocycles. The molecule has 0 bridgehead atoms. The third-order valence-corrected chi connectivity index (χ3v) is 2.68. The summed E-state index contributed by atoms with van der Waals surface area (Å²) in [6.07, 6.45) is 1.75. The van der Waals surface area contributed by atoms with Gasteiger partial charge in [0.05, 0.1) is 0 Å². The minimum Gasteiger partial charge on any atom is -0.352 e. The van der Waals surface area contributed by atoms with Crippen LogP contribution in [0.2, 0.25) is 0 Å². The van der Waals surface area contributed by atoms with Crippen molar-refractivity contribution in [1.82, 2.24) is 5.32 Å². The van der Waals surface area contributed by atoms with Crippen LogP contribution in [0.25, 0.3) is 0 Å². The largest absolute Gasteiger partial charge is 0.352 e. The Morgan fingerprint density at radius 1 is 1.35 bits per heavy atom. The van der Waals surface area contributed by atoms with E-state index in [1.165, 1.54) is 0 Å². The molecule has 3 N–H and O–H groups in total. The molecule has 94 valence electrons. The Morgan fingerprint density at radius 2 is 2.06 bits per heavy atom. The first-order chi connectivity index (χ1) is 8.15. The third-order valence-electron chi connectivity index (χ3n) is 2.68. The first kappa shape index (κ1) is 13.7. The summed E-state index contributed by atoms with van der Waals surface area (Å²) in [5, 5.41) is 2.95. The number of carbonyl (C=O) groups excluding carboxylic acids is 1. The zero-order valence-corrected chi connectivity index (χ0v) is 10.7. The van der Waals surface area contributed by atoms with E-state index in [0.29, 0.717) is 12.5 Å². The van der Waals surface area contributed by atoms with Crippen LogP contribution in [0.3, 0.4) is 0 Å². The maximum atomic E-state index is 12.0. The lowest BCUT2D eigenvalue weighted by Gasteiger charge is -2.10. The quantitative estimate of drug-likeness (QED) is 0.790. The van der Waals surface area contributed by atoms with Gasteiger partial charge in [-0.3, -0.25) is 4.79 Å². The summed E-state index contributed by atoms with van der Waals surface area (Å²) in [6.45, 7) is 5.59. The number of nitrogens with one attached hydrogen (secondary N) is 1. The van der Waals surface area contributed by atoms with Gasteiger partial charge in [0, 0.05) is 12.1 Å². The first-order valence-electron chi connectivity index (χ1n) is 6.21. The molecule has 3 nitrogen and oxygen atoms in total. The van der Waals surface area contributed by atoms with Crippen LogP contribution in [0.15, 0.2) is 24.3 Å². The van der Waals surface area contributed by atoms with Crippen molar-refractivity contribution in [2.75, 3.05) is 13.1 Å². The maximum Gasteiger partial charge on any atom is 0.251 e. The highest BCUT2D eigenvalue weighted by molar-refractivity contribution is 5.95. The number of rotatable bonds is 6. The summed E-state index contributed by atoms with van der Waals surface area (Å²) in [5.41, 5.74) is 7.31. The Hall–Kier alpha value is -1.35. The lowest BCUT2D eigenvalue weighted by atomic mass is 10.0. The first-order valence-corrected chi connectivity index (χ1v) is 6.21. The van der Waals surface area contributed by atoms with Gasteiger partial charge in [-0.2, -0.15) is 0 Å². The molecule has 1 aromatic rings. The number of nitrogens with two attached hydrogens (primary N) is 1. The summed E-state index contributed by atoms with van der Waals surface area (Å²) >= 11 is 0. The second-order valence-corrected chi connectivity index (χ2v) is 4.63. The van der Waals surface area contributed by atoms with E-state index in [1.807, 2.05) is 24.3 Å². The fraction of sp³-hybridized carbons (Fsp3) is 0.500. The molecule has 0 unspecified atom stereocenters. The Balaban J connectivity index is 2.61. The minimum absolute atomic E-state index is 0.00898. The van der Waals surface area contributed by atoms with Crippen molar-refractivity contribution in [2.24, 2.45) is 11.7 Å².